The first kappa shape index (κ1) is 51.2. The number of aliphatic hydroxyl groups is 1. The maximum Gasteiger partial charge on any atom is 0.281 e. The van der Waals surface area contributed by atoms with E-state index < -0.39 is 11.6 Å². The Balaban J connectivity index is 0.000000188. The van der Waals surface area contributed by atoms with Crippen molar-refractivity contribution in [3.8, 4) is 5.69 Å². The second-order valence-corrected chi connectivity index (χ2v) is 21.2. The van der Waals surface area contributed by atoms with E-state index in [-0.39, 0.29) is 28.4 Å². The first-order valence-electron chi connectivity index (χ1n) is 23.9. The molecule has 4 aromatic rings. The number of β-amino-alcohol motifs (C(OH)–C–C–N with tert-alkyl or cyclic N) is 1. The number of piperidine rings is 1. The lowest BCUT2D eigenvalue weighted by molar-refractivity contribution is -0.132. The number of nitrogens with one attached hydrogen (secondary N) is 1. The number of hydrogen-bond acceptors (Lipinski definition) is 7. The summed E-state index contributed by atoms with van der Waals surface area (Å²) in [5.41, 5.74) is 8.98. The van der Waals surface area contributed by atoms with Gasteiger partial charge in [-0.3, -0.25) is 23.7 Å². The van der Waals surface area contributed by atoms with Crippen molar-refractivity contribution >= 4 is 56.7 Å². The Labute approximate surface area is 403 Å². The molecule has 2 saturated carbocycles. The van der Waals surface area contributed by atoms with Gasteiger partial charge in [0.05, 0.1) is 28.1 Å². The zero-order valence-electron chi connectivity index (χ0n) is 39.2. The number of fused-ring (bicyclic) bond motifs is 7. The number of carbonyl (C=O) groups excluding carboxylic acids is 3. The summed E-state index contributed by atoms with van der Waals surface area (Å²) in [5.74, 6) is 0.966. The Hall–Kier alpha value is -4.17. The van der Waals surface area contributed by atoms with Crippen LogP contribution in [0.4, 0.5) is 4.39 Å². The van der Waals surface area contributed by atoms with Gasteiger partial charge in [0.2, 0.25) is 12.3 Å². The number of hydrogen-bond donors (Lipinski definition) is 3. The maximum atomic E-state index is 13.2. The van der Waals surface area contributed by atoms with Crippen molar-refractivity contribution in [2.24, 2.45) is 11.1 Å². The minimum Gasteiger partial charge on any atom is -0.391 e. The summed E-state index contributed by atoms with van der Waals surface area (Å²) in [5, 5.41) is 13.2. The normalized spacial score (nSPS) is 19.3. The molecule has 0 radical (unpaired) electrons. The molecular formula is C52H69BrClFN6O5. The van der Waals surface area contributed by atoms with Crippen molar-refractivity contribution in [2.45, 2.75) is 147 Å². The third-order valence-corrected chi connectivity index (χ3v) is 14.5. The van der Waals surface area contributed by atoms with Gasteiger partial charge in [0.25, 0.3) is 11.5 Å². The van der Waals surface area contributed by atoms with E-state index >= 15 is 0 Å². The third kappa shape index (κ3) is 12.9. The van der Waals surface area contributed by atoms with Crippen molar-refractivity contribution in [1.82, 2.24) is 24.7 Å². The molecule has 1 unspecified atom stereocenters. The standard InChI is InChI=1S/C30H36BrN3O.C10H19NO2.C8H8ClNO.C4H6FNO/c1-2-3-7-17-33-18-13-21(14-19-33)22-11-12-25-23(20-22)30(15-5-4-6-16-30)29-32-28(35)27-24(31)9-8-10-26(27)34(25)29;1-10(2,3)6-9(13)11-5-4-8(12)7-11;9-8-3-1-7(2-4-8)5-10-6-11;5-4(1-2-4)3(6)7/h8-12,20-21H,2-7,13-19H2,1H3;8,12H,4-7H2,1-3H3;1-4,6H,5H2,(H,10,11);1-2H2,(H2,6,7). The number of amides is 3. The van der Waals surface area contributed by atoms with Crippen molar-refractivity contribution in [2.75, 3.05) is 32.7 Å². The summed E-state index contributed by atoms with van der Waals surface area (Å²) < 4.78 is 15.3. The van der Waals surface area contributed by atoms with Gasteiger partial charge in [-0.25, -0.2) is 4.39 Å². The molecule has 1 spiro atoms. The number of primary amides is 1. The highest BCUT2D eigenvalue weighted by Gasteiger charge is 2.49. The highest BCUT2D eigenvalue weighted by atomic mass is 79.9. The van der Waals surface area contributed by atoms with Crippen LogP contribution in [0.3, 0.4) is 0 Å². The predicted molar refractivity (Wildman–Crippen MR) is 265 cm³/mol. The summed E-state index contributed by atoms with van der Waals surface area (Å²) in [6.07, 6.45) is 14.6. The number of halogens is 3. The van der Waals surface area contributed by atoms with Crippen LogP contribution in [0.15, 0.2) is 69.9 Å². The molecule has 1 atom stereocenters. The van der Waals surface area contributed by atoms with Crippen LogP contribution in [0.5, 0.6) is 0 Å². The van der Waals surface area contributed by atoms with Gasteiger partial charge in [0.1, 0.15) is 5.82 Å². The van der Waals surface area contributed by atoms with E-state index in [1.807, 2.05) is 24.3 Å². The SMILES string of the molecule is CC(C)(C)CC(=O)N1CCC(O)C1.CCCCCN1CCC(c2ccc3c(c2)C2(CCCCC2)c2nc(=O)c4c(Br)cccc4n2-3)CC1.NC(=O)C1(F)CC1.O=CNCc1ccc(Cl)cc1. The molecule has 3 aromatic carbocycles. The number of carbonyl (C=O) groups is 3. The number of alkyl halides is 1. The number of benzene rings is 3. The van der Waals surface area contributed by atoms with Crippen LogP contribution in [0.25, 0.3) is 16.6 Å². The monoisotopic (exact) mass is 990 g/mol. The number of likely N-dealkylation sites (tertiary alicyclic amines) is 2. The van der Waals surface area contributed by atoms with Crippen molar-refractivity contribution < 1.29 is 23.9 Å². The van der Waals surface area contributed by atoms with Crippen LogP contribution in [0.2, 0.25) is 5.02 Å². The summed E-state index contributed by atoms with van der Waals surface area (Å²) in [4.78, 5) is 53.9. The van der Waals surface area contributed by atoms with Crippen LogP contribution < -0.4 is 16.6 Å². The molecule has 11 nitrogen and oxygen atoms in total. The second kappa shape index (κ2) is 22.8. The van der Waals surface area contributed by atoms with E-state index in [2.05, 4.69) is 88.4 Å². The lowest BCUT2D eigenvalue weighted by Gasteiger charge is -2.35. The van der Waals surface area contributed by atoms with Crippen molar-refractivity contribution in [3.05, 3.63) is 103 Å². The van der Waals surface area contributed by atoms with Gasteiger partial charge in [-0.1, -0.05) is 102 Å². The minimum absolute atomic E-state index is 0.0463. The van der Waals surface area contributed by atoms with Crippen LogP contribution in [0.1, 0.15) is 146 Å². The van der Waals surface area contributed by atoms with Crippen molar-refractivity contribution in [3.63, 3.8) is 0 Å². The maximum absolute atomic E-state index is 13.2. The number of unbranched alkanes of at least 4 members (excludes halogenated alkanes) is 2. The highest BCUT2D eigenvalue weighted by Crippen LogP contribution is 2.52. The number of nitrogens with zero attached hydrogens (tertiary/aromatic N) is 4. The molecular weight excluding hydrogens is 923 g/mol. The molecule has 358 valence electrons. The van der Waals surface area contributed by atoms with Gasteiger partial charge < -0.3 is 26.0 Å². The van der Waals surface area contributed by atoms with Crippen LogP contribution in [-0.4, -0.2) is 87.2 Å². The van der Waals surface area contributed by atoms with Gasteiger partial charge in [0, 0.05) is 35.6 Å². The zero-order chi connectivity index (χ0) is 47.6. The van der Waals surface area contributed by atoms with E-state index in [9.17, 15) is 28.7 Å². The lowest BCUT2D eigenvalue weighted by Crippen LogP contribution is -2.34. The fraction of sp³-hybridized carbons (Fsp3) is 0.558. The predicted octanol–water partition coefficient (Wildman–Crippen LogP) is 9.66. The molecule has 4 heterocycles. The summed E-state index contributed by atoms with van der Waals surface area (Å²) in [7, 11) is 0. The highest BCUT2D eigenvalue weighted by molar-refractivity contribution is 9.10. The number of aromatic nitrogens is 2. The smallest absolute Gasteiger partial charge is 0.281 e. The zero-order valence-corrected chi connectivity index (χ0v) is 41.6. The Bertz CT molecular complexity index is 2350. The summed E-state index contributed by atoms with van der Waals surface area (Å²) >= 11 is 9.27. The van der Waals surface area contributed by atoms with Crippen molar-refractivity contribution in [1.29, 1.82) is 0 Å². The molecule has 4 N–H and O–H groups in total. The van der Waals surface area contributed by atoms with Crippen LogP contribution in [0, 0.1) is 5.41 Å². The molecule has 14 heteroatoms. The number of rotatable bonds is 10. The fourth-order valence-corrected chi connectivity index (χ4v) is 10.3. The Morgan fingerprint density at radius 3 is 2.26 bits per heavy atom. The molecule has 1 aromatic heterocycles. The van der Waals surface area contributed by atoms with E-state index in [0.717, 1.165) is 47.2 Å². The average molecular weight is 993 g/mol. The Kier molecular flexibility index (Phi) is 17.7. The fourth-order valence-electron chi connectivity index (χ4n) is 9.67. The van der Waals surface area contributed by atoms with Crippen LogP contribution >= 0.6 is 27.5 Å². The van der Waals surface area contributed by atoms with Gasteiger partial charge in [-0.15, -0.1) is 0 Å². The molecule has 4 fully saturated rings. The second-order valence-electron chi connectivity index (χ2n) is 19.9. The van der Waals surface area contributed by atoms with Gasteiger partial charge in [0.15, 0.2) is 5.67 Å². The molecule has 2 saturated heterocycles. The van der Waals surface area contributed by atoms with Gasteiger partial charge in [-0.2, -0.15) is 4.98 Å². The molecule has 3 amide bonds. The first-order valence-corrected chi connectivity index (χ1v) is 25.1. The largest absolute Gasteiger partial charge is 0.391 e. The van der Waals surface area contributed by atoms with E-state index in [0.29, 0.717) is 55.1 Å². The quantitative estimate of drug-likeness (QED) is 0.106. The molecule has 2 aliphatic carbocycles. The molecule has 0 bridgehead atoms. The molecule has 9 rings (SSSR count). The molecule has 66 heavy (non-hydrogen) atoms. The first-order chi connectivity index (χ1) is 31.5. The summed E-state index contributed by atoms with van der Waals surface area (Å²) in [6.45, 7) is 13.9. The van der Waals surface area contributed by atoms with E-state index in [4.69, 9.17) is 16.6 Å². The molecule has 5 aliphatic rings. The number of nitrogens with two attached hydrogens (primary N) is 1. The topological polar surface area (TPSA) is 151 Å². The minimum atomic E-state index is -1.61. The molecule has 3 aliphatic heterocycles. The van der Waals surface area contributed by atoms with Gasteiger partial charge in [-0.05, 0) is 145 Å². The Morgan fingerprint density at radius 1 is 0.985 bits per heavy atom. The van der Waals surface area contributed by atoms with E-state index in [1.54, 1.807) is 17.0 Å². The Morgan fingerprint density at radius 2 is 1.68 bits per heavy atom. The summed E-state index contributed by atoms with van der Waals surface area (Å²) in [6, 6.07) is 20.6. The lowest BCUT2D eigenvalue weighted by atomic mass is 9.69. The third-order valence-electron chi connectivity index (χ3n) is 13.5. The average Bonchev–Trinajstić information content (AvgIpc) is 3.82. The number of aliphatic hydroxyl groups excluding tert-OH is 1. The van der Waals surface area contributed by atoms with Crippen LogP contribution in [-0.2, 0) is 26.3 Å². The van der Waals surface area contributed by atoms with E-state index in [1.165, 1.54) is 87.8 Å². The van der Waals surface area contributed by atoms with Gasteiger partial charge >= 0.3 is 0 Å².